The maximum atomic E-state index is 10.5. The summed E-state index contributed by atoms with van der Waals surface area (Å²) in [6.45, 7) is 7.18. The van der Waals surface area contributed by atoms with Gasteiger partial charge in [0.2, 0.25) is 0 Å². The molecule has 0 unspecified atom stereocenters. The third-order valence-corrected chi connectivity index (χ3v) is 9.71. The average molecular weight is 650 g/mol. The van der Waals surface area contributed by atoms with Gasteiger partial charge < -0.3 is 14.8 Å². The third kappa shape index (κ3) is 7.93. The number of benzene rings is 3. The Kier molecular flexibility index (Phi) is 9.37. The molecule has 0 amide bonds. The van der Waals surface area contributed by atoms with Crippen molar-refractivity contribution in [3.05, 3.63) is 103 Å². The zero-order valence-electron chi connectivity index (χ0n) is 25.1. The Hall–Kier alpha value is -4.14. The maximum Gasteiger partial charge on any atom is 0.294 e. The van der Waals surface area contributed by atoms with E-state index >= 15 is 0 Å². The zero-order chi connectivity index (χ0) is 32.4. The Bertz CT molecular complexity index is 1920. The molecule has 3 aromatic carbocycles. The Morgan fingerprint density at radius 3 is 1.89 bits per heavy atom. The maximum absolute atomic E-state index is 10.5. The quantitative estimate of drug-likeness (QED) is 0.230. The second kappa shape index (κ2) is 13.1. The van der Waals surface area contributed by atoms with Gasteiger partial charge in [0, 0.05) is 43.4 Å². The summed E-state index contributed by atoms with van der Waals surface area (Å²) in [5.41, 5.74) is 7.54. The summed E-state index contributed by atoms with van der Waals surface area (Å²) in [6, 6.07) is 21.3. The van der Waals surface area contributed by atoms with Crippen LogP contribution in [0.3, 0.4) is 0 Å². The molecule has 2 fully saturated rings. The number of pyridine rings is 1. The summed E-state index contributed by atoms with van der Waals surface area (Å²) < 4.78 is 59.1. The lowest BCUT2D eigenvalue weighted by molar-refractivity contribution is 0.0827. The van der Waals surface area contributed by atoms with Crippen molar-refractivity contribution in [3.63, 3.8) is 0 Å². The van der Waals surface area contributed by atoms with E-state index in [0.29, 0.717) is 0 Å². The van der Waals surface area contributed by atoms with Crippen LogP contribution in [-0.4, -0.2) is 78.5 Å². The van der Waals surface area contributed by atoms with Crippen molar-refractivity contribution in [1.29, 1.82) is 0 Å². The van der Waals surface area contributed by atoms with Crippen LogP contribution in [0.5, 0.6) is 0 Å². The number of rotatable bonds is 4. The molecule has 0 radical (unpaired) electrons. The molecule has 2 aromatic heterocycles. The van der Waals surface area contributed by atoms with Crippen molar-refractivity contribution < 1.29 is 25.9 Å². The van der Waals surface area contributed by atoms with Crippen molar-refractivity contribution in [2.24, 2.45) is 5.92 Å². The predicted molar refractivity (Wildman–Crippen MR) is 173 cm³/mol. The van der Waals surface area contributed by atoms with Gasteiger partial charge in [0.25, 0.3) is 20.2 Å². The van der Waals surface area contributed by atoms with Crippen molar-refractivity contribution >= 4 is 37.0 Å². The molecule has 236 valence electrons. The first-order chi connectivity index (χ1) is 21.3. The molecule has 5 aromatic rings. The first-order valence-corrected chi connectivity index (χ1v) is 17.1. The number of fused-ring (bicyclic) bond motifs is 2. The topological polar surface area (TPSA) is 157 Å². The second-order valence-electron chi connectivity index (χ2n) is 11.3. The molecule has 4 heterocycles. The molecular formula is C32H35N5O6S2. The first kappa shape index (κ1) is 32.3. The van der Waals surface area contributed by atoms with Gasteiger partial charge in [0.15, 0.2) is 0 Å². The van der Waals surface area contributed by atoms with Crippen LogP contribution < -0.4 is 4.90 Å². The van der Waals surface area contributed by atoms with Gasteiger partial charge in [0.05, 0.1) is 39.0 Å². The Morgan fingerprint density at radius 1 is 0.756 bits per heavy atom. The number of likely N-dealkylation sites (tertiary alicyclic amines) is 1. The van der Waals surface area contributed by atoms with E-state index < -0.39 is 20.2 Å². The largest absolute Gasteiger partial charge is 0.368 e. The highest BCUT2D eigenvalue weighted by molar-refractivity contribution is 7.86. The van der Waals surface area contributed by atoms with E-state index in [1.165, 1.54) is 42.1 Å². The van der Waals surface area contributed by atoms with Crippen LogP contribution in [0, 0.1) is 19.8 Å². The number of hydrogen-bond acceptors (Lipinski definition) is 8. The van der Waals surface area contributed by atoms with Gasteiger partial charge in [-0.2, -0.15) is 16.8 Å². The summed E-state index contributed by atoms with van der Waals surface area (Å²) in [6.07, 6.45) is 5.67. The molecule has 3 N–H and O–H groups in total. The lowest BCUT2D eigenvalue weighted by atomic mass is 9.93. The average Bonchev–Trinajstić information content (AvgIpc) is 3.61. The number of nitrogens with zero attached hydrogens (tertiary/aromatic N) is 4. The smallest absolute Gasteiger partial charge is 0.294 e. The molecule has 0 saturated carbocycles. The lowest BCUT2D eigenvalue weighted by Gasteiger charge is -2.40. The number of aryl methyl sites for hydroxylation is 2. The zero-order valence-corrected chi connectivity index (χ0v) is 26.7. The summed E-state index contributed by atoms with van der Waals surface area (Å²) in [4.78, 5) is 16.7. The van der Waals surface area contributed by atoms with Crippen LogP contribution in [0.1, 0.15) is 11.1 Å². The fourth-order valence-corrected chi connectivity index (χ4v) is 6.37. The van der Waals surface area contributed by atoms with E-state index in [1.54, 1.807) is 30.6 Å². The van der Waals surface area contributed by atoms with Gasteiger partial charge >= 0.3 is 0 Å². The van der Waals surface area contributed by atoms with Gasteiger partial charge in [-0.3, -0.25) is 14.1 Å². The normalized spacial score (nSPS) is 17.8. The highest BCUT2D eigenvalue weighted by Crippen LogP contribution is 2.34. The van der Waals surface area contributed by atoms with Gasteiger partial charge in [-0.05, 0) is 68.9 Å². The van der Waals surface area contributed by atoms with E-state index in [2.05, 4.69) is 56.1 Å². The molecule has 45 heavy (non-hydrogen) atoms. The number of hydrogen-bond donors (Lipinski definition) is 3. The summed E-state index contributed by atoms with van der Waals surface area (Å²) in [5.74, 6) is 0.824. The van der Waals surface area contributed by atoms with Gasteiger partial charge in [-0.25, -0.2) is 4.98 Å². The molecule has 2 aliphatic rings. The van der Waals surface area contributed by atoms with E-state index in [1.807, 2.05) is 26.2 Å². The summed E-state index contributed by atoms with van der Waals surface area (Å²) in [7, 11) is -5.82. The number of aromatic nitrogens is 3. The van der Waals surface area contributed by atoms with E-state index in [9.17, 15) is 16.8 Å². The number of H-pyrrole nitrogens is 1. The second-order valence-corrected chi connectivity index (χ2v) is 14.2. The molecular weight excluding hydrogens is 615 g/mol. The lowest BCUT2D eigenvalue weighted by Crippen LogP contribution is -2.52. The predicted octanol–water partition coefficient (Wildman–Crippen LogP) is 4.86. The summed E-state index contributed by atoms with van der Waals surface area (Å²) >= 11 is 0. The van der Waals surface area contributed by atoms with Crippen molar-refractivity contribution in [1.82, 2.24) is 19.9 Å². The standard InChI is InChI=1S/C18H19N5.2C7H8O3S/c1-22-8-14-9-23(10-18(14)22)15-4-13(6-19-7-15)12-2-3-16-17(5-12)21-11-20-16;2*1-6-2-4-7(5-3-6)11(8,9)10/h2-7,11,14,18H,8-10H2,1H3,(H,20,21);2*2-5H,1H3,(H,8,9,10)/t14-,18+;;/m0../s1. The van der Waals surface area contributed by atoms with Crippen LogP contribution in [0.25, 0.3) is 22.2 Å². The van der Waals surface area contributed by atoms with Crippen LogP contribution >= 0.6 is 0 Å². The highest BCUT2D eigenvalue weighted by atomic mass is 32.2. The van der Waals surface area contributed by atoms with Crippen LogP contribution in [0.2, 0.25) is 0 Å². The molecule has 2 aliphatic heterocycles. The number of aromatic amines is 1. The van der Waals surface area contributed by atoms with Crippen LogP contribution in [0.4, 0.5) is 5.69 Å². The van der Waals surface area contributed by atoms with Crippen molar-refractivity contribution in [2.75, 3.05) is 31.6 Å². The van der Waals surface area contributed by atoms with Crippen LogP contribution in [-0.2, 0) is 20.2 Å². The SMILES string of the molecule is CN1C[C@H]2CN(c3cncc(-c4ccc5nc[nH]c5c4)c3)C[C@H]21.Cc1ccc(S(=O)(=O)O)cc1.Cc1ccc(S(=O)(=O)O)cc1. The van der Waals surface area contributed by atoms with Crippen molar-refractivity contribution in [3.8, 4) is 11.1 Å². The number of imidazole rings is 1. The Morgan fingerprint density at radius 2 is 1.36 bits per heavy atom. The minimum Gasteiger partial charge on any atom is -0.368 e. The number of anilines is 1. The molecule has 11 nitrogen and oxygen atoms in total. The molecule has 0 bridgehead atoms. The Labute approximate surface area is 263 Å². The molecule has 0 spiro atoms. The first-order valence-electron chi connectivity index (χ1n) is 14.2. The fourth-order valence-electron chi connectivity index (χ4n) is 5.41. The third-order valence-electron chi connectivity index (χ3n) is 7.98. The monoisotopic (exact) mass is 649 g/mol. The van der Waals surface area contributed by atoms with Gasteiger partial charge in [-0.15, -0.1) is 0 Å². The molecule has 7 rings (SSSR count). The molecule has 0 aliphatic carbocycles. The van der Waals surface area contributed by atoms with E-state index in [0.717, 1.165) is 52.8 Å². The fraction of sp³-hybridized carbons (Fsp3) is 0.250. The minimum atomic E-state index is -4.02. The molecule has 2 saturated heterocycles. The van der Waals surface area contributed by atoms with Gasteiger partial charge in [-0.1, -0.05) is 41.5 Å². The van der Waals surface area contributed by atoms with Crippen molar-refractivity contribution in [2.45, 2.75) is 29.7 Å². The Balaban J connectivity index is 0.000000153. The molecule has 13 heteroatoms. The summed E-state index contributed by atoms with van der Waals surface area (Å²) in [5, 5.41) is 0. The van der Waals surface area contributed by atoms with Crippen LogP contribution in [0.15, 0.2) is 101 Å². The van der Waals surface area contributed by atoms with E-state index in [-0.39, 0.29) is 9.79 Å². The molecule has 2 atom stereocenters. The highest BCUT2D eigenvalue weighted by Gasteiger charge is 2.43. The minimum absolute atomic E-state index is 0.0666. The number of likely N-dealkylation sites (N-methyl/N-ethyl adjacent to an activating group) is 1. The number of nitrogens with one attached hydrogen (secondary N) is 1. The van der Waals surface area contributed by atoms with E-state index in [4.69, 9.17) is 9.11 Å². The van der Waals surface area contributed by atoms with Gasteiger partial charge in [0.1, 0.15) is 0 Å².